The van der Waals surface area contributed by atoms with Crippen LogP contribution >= 0.6 is 0 Å². The molecule has 5 aliphatic heterocycles. The molecule has 4 saturated heterocycles. The predicted octanol–water partition coefficient (Wildman–Crippen LogP) is 3.95. The number of carbonyl (C=O) groups is 8. The first-order valence-electron chi connectivity index (χ1n) is 22.6. The van der Waals surface area contributed by atoms with Gasteiger partial charge in [0.2, 0.25) is 23.6 Å². The molecule has 0 aliphatic carbocycles. The molecule has 364 valence electrons. The van der Waals surface area contributed by atoms with E-state index < -0.39 is 29.1 Å². The van der Waals surface area contributed by atoms with Gasteiger partial charge in [0.1, 0.15) is 34.3 Å². The van der Waals surface area contributed by atoms with Crippen molar-refractivity contribution < 1.29 is 62.4 Å². The molecule has 3 N–H and O–H groups in total. The third-order valence-corrected chi connectivity index (χ3v) is 12.1. The highest BCUT2D eigenvalue weighted by molar-refractivity contribution is 6.07. The fourth-order valence-electron chi connectivity index (χ4n) is 8.73. The number of hydrogen-bond donors (Lipinski definition) is 3. The number of carboxylic acids is 1. The van der Waals surface area contributed by atoms with E-state index in [1.165, 1.54) is 19.1 Å². The van der Waals surface area contributed by atoms with Crippen LogP contribution in [0.25, 0.3) is 0 Å². The fraction of sp³-hybridized carbons (Fsp3) is 0.574. The van der Waals surface area contributed by atoms with Crippen molar-refractivity contribution in [1.82, 2.24) is 25.3 Å². The summed E-state index contributed by atoms with van der Waals surface area (Å²) >= 11 is 0. The van der Waals surface area contributed by atoms with Gasteiger partial charge in [-0.25, -0.2) is 14.4 Å². The molecule has 7 amide bonds. The Kier molecular flexibility index (Phi) is 15.2. The minimum atomic E-state index is -1.10. The summed E-state index contributed by atoms with van der Waals surface area (Å²) in [7, 11) is 2.94. The average molecular weight is 934 g/mol. The maximum atomic E-state index is 13.1. The van der Waals surface area contributed by atoms with E-state index >= 15 is 0 Å². The Morgan fingerprint density at radius 1 is 0.672 bits per heavy atom. The molecule has 0 bridgehead atoms. The molecule has 0 radical (unpaired) electrons. The topological polar surface area (TPSA) is 234 Å². The molecular weight excluding hydrogens is 871 g/mol. The lowest BCUT2D eigenvalue weighted by atomic mass is 9.90. The van der Waals surface area contributed by atoms with E-state index in [4.69, 9.17) is 18.9 Å². The van der Waals surface area contributed by atoms with Crippen LogP contribution in [0, 0.1) is 5.92 Å². The van der Waals surface area contributed by atoms with Crippen molar-refractivity contribution in [3.05, 3.63) is 46.5 Å². The number of imide groups is 2. The standard InChI is InChI=1S/C24H33N3O7.C23H30N4O6/c1-24(2,3)34-23(32)27-11-9-26(10-12-27)17-13-16(20(22(30)31)18(14-17)33-4)6-5-15-7-8-19(28)25-21(15)29;1-23(2,3)33-22(31)26-9-7-25(8-10-26)15-11-14-13-27(16-5-6-18(28)24-20(16)29)21(30)19(14)17(12-15)32-4/h13-15H,5-12H2,1-4H3,(H,30,31)(H,25,28,29);11-12,16H,5-10,13H2,1-4H3,(H,24,28,29). The van der Waals surface area contributed by atoms with Crippen LogP contribution in [0.5, 0.6) is 11.5 Å². The number of piperidine rings is 2. The first kappa shape index (κ1) is 49.8. The molecule has 2 unspecified atom stereocenters. The van der Waals surface area contributed by atoms with Crippen molar-refractivity contribution in [3.63, 3.8) is 0 Å². The highest BCUT2D eigenvalue weighted by atomic mass is 16.6. The van der Waals surface area contributed by atoms with E-state index in [-0.39, 0.29) is 72.4 Å². The summed E-state index contributed by atoms with van der Waals surface area (Å²) in [6.07, 6.45) is 1.38. The van der Waals surface area contributed by atoms with Crippen molar-refractivity contribution in [2.75, 3.05) is 76.4 Å². The molecule has 2 atom stereocenters. The van der Waals surface area contributed by atoms with Gasteiger partial charge in [0.05, 0.1) is 19.8 Å². The summed E-state index contributed by atoms with van der Waals surface area (Å²) in [5.74, 6) is -2.35. The average Bonchev–Trinajstić information content (AvgIpc) is 3.59. The summed E-state index contributed by atoms with van der Waals surface area (Å²) in [5.41, 5.74) is 2.48. The molecule has 0 saturated carbocycles. The first-order chi connectivity index (χ1) is 31.5. The Morgan fingerprint density at radius 3 is 1.64 bits per heavy atom. The lowest BCUT2D eigenvalue weighted by molar-refractivity contribution is -0.138. The van der Waals surface area contributed by atoms with Crippen molar-refractivity contribution in [2.45, 2.75) is 104 Å². The molecule has 2 aromatic rings. The predicted molar refractivity (Wildman–Crippen MR) is 243 cm³/mol. The second-order valence-corrected chi connectivity index (χ2v) is 19.2. The Labute approximate surface area is 390 Å². The number of hydrogen-bond acceptors (Lipinski definition) is 14. The van der Waals surface area contributed by atoms with Crippen LogP contribution in [0.2, 0.25) is 0 Å². The van der Waals surface area contributed by atoms with Gasteiger partial charge in [-0.05, 0) is 90.5 Å². The number of piperazine rings is 2. The molecule has 20 nitrogen and oxygen atoms in total. The van der Waals surface area contributed by atoms with Crippen LogP contribution in [0.4, 0.5) is 21.0 Å². The fourth-order valence-corrected chi connectivity index (χ4v) is 8.73. The number of carbonyl (C=O) groups excluding carboxylic acids is 7. The van der Waals surface area contributed by atoms with E-state index in [2.05, 4.69) is 20.4 Å². The number of anilines is 2. The minimum absolute atomic E-state index is 0.0749. The van der Waals surface area contributed by atoms with Gasteiger partial charge in [0.15, 0.2) is 0 Å². The smallest absolute Gasteiger partial charge is 0.410 e. The lowest BCUT2D eigenvalue weighted by Gasteiger charge is -2.37. The Bertz CT molecular complexity index is 2270. The SMILES string of the molecule is COc1cc(N2CCN(C(=O)OC(C)(C)C)CC2)cc(CCC2CCC(=O)NC2=O)c1C(=O)O.COc1cc(N2CCN(C(=O)OC(C)(C)C)CC2)cc2c1C(=O)N(C1CCC(=O)NC1=O)C2. The molecular formula is C47H63N7O13. The number of nitrogens with one attached hydrogen (secondary N) is 2. The maximum Gasteiger partial charge on any atom is 0.410 e. The number of fused-ring (bicyclic) bond motifs is 1. The van der Waals surface area contributed by atoms with Gasteiger partial charge in [0.25, 0.3) is 5.91 Å². The van der Waals surface area contributed by atoms with E-state index in [1.807, 2.05) is 59.7 Å². The Morgan fingerprint density at radius 2 is 1.16 bits per heavy atom. The third kappa shape index (κ3) is 12.2. The van der Waals surface area contributed by atoms with Crippen LogP contribution in [-0.2, 0) is 41.6 Å². The largest absolute Gasteiger partial charge is 0.496 e. The summed E-state index contributed by atoms with van der Waals surface area (Å²) < 4.78 is 21.9. The van der Waals surface area contributed by atoms with Gasteiger partial charge >= 0.3 is 18.2 Å². The Hall–Kier alpha value is -6.60. The zero-order valence-electron chi connectivity index (χ0n) is 39.7. The van der Waals surface area contributed by atoms with Crippen LogP contribution < -0.4 is 29.9 Å². The summed E-state index contributed by atoms with van der Waals surface area (Å²) in [5, 5.41) is 14.5. The second-order valence-electron chi connectivity index (χ2n) is 19.2. The van der Waals surface area contributed by atoms with Gasteiger partial charge in [-0.3, -0.25) is 34.6 Å². The number of aryl methyl sites for hydroxylation is 1. The summed E-state index contributed by atoms with van der Waals surface area (Å²) in [6, 6.07) is 6.62. The van der Waals surface area contributed by atoms with Gasteiger partial charge in [0, 0.05) is 101 Å². The second kappa shape index (κ2) is 20.5. The van der Waals surface area contributed by atoms with Crippen molar-refractivity contribution in [2.24, 2.45) is 5.92 Å². The van der Waals surface area contributed by atoms with Gasteiger partial charge < -0.3 is 48.6 Å². The van der Waals surface area contributed by atoms with Gasteiger partial charge in [-0.2, -0.15) is 0 Å². The highest BCUT2D eigenvalue weighted by Crippen LogP contribution is 2.38. The van der Waals surface area contributed by atoms with Crippen molar-refractivity contribution in [3.8, 4) is 11.5 Å². The van der Waals surface area contributed by atoms with Gasteiger partial charge in [-0.15, -0.1) is 0 Å². The molecule has 4 fully saturated rings. The molecule has 2 aromatic carbocycles. The lowest BCUT2D eigenvalue weighted by Crippen LogP contribution is -2.52. The maximum absolute atomic E-state index is 13.1. The first-order valence-corrected chi connectivity index (χ1v) is 22.6. The number of aromatic carboxylic acids is 1. The quantitative estimate of drug-likeness (QED) is 0.302. The summed E-state index contributed by atoms with van der Waals surface area (Å²) in [4.78, 5) is 106. The molecule has 67 heavy (non-hydrogen) atoms. The number of nitrogens with zero attached hydrogens (tertiary/aromatic N) is 5. The number of rotatable bonds is 9. The van der Waals surface area contributed by atoms with Crippen LogP contribution in [-0.4, -0.2) is 151 Å². The Balaban J connectivity index is 0.000000221. The van der Waals surface area contributed by atoms with Crippen LogP contribution in [0.3, 0.4) is 0 Å². The van der Waals surface area contributed by atoms with Crippen LogP contribution in [0.15, 0.2) is 24.3 Å². The van der Waals surface area contributed by atoms with E-state index in [9.17, 15) is 43.5 Å². The van der Waals surface area contributed by atoms with Crippen LogP contribution in [0.1, 0.15) is 105 Å². The molecule has 0 spiro atoms. The number of benzene rings is 2. The number of methoxy groups -OCH3 is 2. The molecule has 0 aromatic heterocycles. The number of carboxylic acid groups (broad SMARTS) is 1. The third-order valence-electron chi connectivity index (χ3n) is 12.1. The van der Waals surface area contributed by atoms with E-state index in [0.717, 1.165) is 16.9 Å². The monoisotopic (exact) mass is 933 g/mol. The molecule has 5 heterocycles. The molecule has 7 rings (SSSR count). The summed E-state index contributed by atoms with van der Waals surface area (Å²) in [6.45, 7) is 15.6. The van der Waals surface area contributed by atoms with Gasteiger partial charge in [-0.1, -0.05) is 0 Å². The highest BCUT2D eigenvalue weighted by Gasteiger charge is 2.41. The van der Waals surface area contributed by atoms with Crippen molar-refractivity contribution >= 4 is 59.1 Å². The van der Waals surface area contributed by atoms with Crippen molar-refractivity contribution in [1.29, 1.82) is 0 Å². The zero-order chi connectivity index (χ0) is 49.0. The number of ether oxygens (including phenoxy) is 4. The normalized spacial score (nSPS) is 20.1. The van der Waals surface area contributed by atoms with E-state index in [1.54, 1.807) is 15.9 Å². The molecule has 5 aliphatic rings. The molecule has 20 heteroatoms. The number of amides is 7. The minimum Gasteiger partial charge on any atom is -0.496 e. The zero-order valence-corrected chi connectivity index (χ0v) is 39.7. The van der Waals surface area contributed by atoms with E-state index in [0.29, 0.717) is 94.9 Å².